The standard InChI is InChI=1S/C18H26F3N3O3S/c1-13-16(5-6-17(22-13)18(19,20)21)28(25,26)24-9-7-23(8-10-24)14(2)15-4-3-11-27-12-15/h5-6,14-15H,3-4,7-12H2,1-2H3. The van der Waals surface area contributed by atoms with Gasteiger partial charge in [0, 0.05) is 38.8 Å². The van der Waals surface area contributed by atoms with E-state index in [9.17, 15) is 21.6 Å². The van der Waals surface area contributed by atoms with Crippen LogP contribution < -0.4 is 0 Å². The van der Waals surface area contributed by atoms with Gasteiger partial charge in [-0.2, -0.15) is 17.5 Å². The van der Waals surface area contributed by atoms with Gasteiger partial charge in [-0.05, 0) is 44.7 Å². The summed E-state index contributed by atoms with van der Waals surface area (Å²) in [7, 11) is -3.88. The van der Waals surface area contributed by atoms with E-state index in [0.717, 1.165) is 38.2 Å². The number of rotatable bonds is 4. The van der Waals surface area contributed by atoms with E-state index < -0.39 is 21.9 Å². The fraction of sp³-hybridized carbons (Fsp3) is 0.722. The summed E-state index contributed by atoms with van der Waals surface area (Å²) in [6, 6.07) is 2.04. The summed E-state index contributed by atoms with van der Waals surface area (Å²) in [4.78, 5) is 5.56. The molecular weight excluding hydrogens is 395 g/mol. The number of piperazine rings is 1. The molecule has 6 nitrogen and oxygen atoms in total. The van der Waals surface area contributed by atoms with Crippen LogP contribution in [-0.4, -0.2) is 68.0 Å². The largest absolute Gasteiger partial charge is 0.433 e. The third-order valence-corrected chi connectivity index (χ3v) is 7.70. The van der Waals surface area contributed by atoms with Gasteiger partial charge in [0.1, 0.15) is 10.6 Å². The Hall–Kier alpha value is -1.23. The quantitative estimate of drug-likeness (QED) is 0.748. The van der Waals surface area contributed by atoms with Gasteiger partial charge in [-0.1, -0.05) is 0 Å². The topological polar surface area (TPSA) is 62.7 Å². The number of aromatic nitrogens is 1. The molecule has 3 heterocycles. The minimum atomic E-state index is -4.60. The normalized spacial score (nSPS) is 24.2. The molecule has 2 saturated heterocycles. The highest BCUT2D eigenvalue weighted by atomic mass is 32.2. The first-order valence-corrected chi connectivity index (χ1v) is 10.9. The Morgan fingerprint density at radius 2 is 1.89 bits per heavy atom. The van der Waals surface area contributed by atoms with Crippen molar-refractivity contribution in [3.05, 3.63) is 23.5 Å². The van der Waals surface area contributed by atoms with E-state index in [1.165, 1.54) is 11.2 Å². The number of alkyl halides is 3. The number of hydrogen-bond donors (Lipinski definition) is 0. The molecule has 2 aliphatic rings. The van der Waals surface area contributed by atoms with Crippen LogP contribution in [0.4, 0.5) is 13.2 Å². The van der Waals surface area contributed by atoms with Gasteiger partial charge >= 0.3 is 6.18 Å². The molecule has 0 radical (unpaired) electrons. The second-order valence-electron chi connectivity index (χ2n) is 7.44. The molecule has 0 aromatic carbocycles. The van der Waals surface area contributed by atoms with E-state index >= 15 is 0 Å². The van der Waals surface area contributed by atoms with Crippen LogP contribution in [0.2, 0.25) is 0 Å². The number of aryl methyl sites for hydroxylation is 1. The zero-order chi connectivity index (χ0) is 20.5. The first-order valence-electron chi connectivity index (χ1n) is 9.47. The van der Waals surface area contributed by atoms with E-state index in [1.54, 1.807) is 0 Å². The first kappa shape index (κ1) is 21.5. The Balaban J connectivity index is 1.68. The molecule has 3 rings (SSSR count). The van der Waals surface area contributed by atoms with Crippen molar-refractivity contribution in [1.29, 1.82) is 0 Å². The molecule has 2 fully saturated rings. The fourth-order valence-corrected chi connectivity index (χ4v) is 5.49. The molecule has 0 bridgehead atoms. The molecule has 0 aliphatic carbocycles. The maximum absolute atomic E-state index is 12.9. The highest BCUT2D eigenvalue weighted by molar-refractivity contribution is 7.89. The number of ether oxygens (including phenoxy) is 1. The summed E-state index contributed by atoms with van der Waals surface area (Å²) < 4.78 is 71.1. The summed E-state index contributed by atoms with van der Waals surface area (Å²) >= 11 is 0. The first-order chi connectivity index (χ1) is 13.1. The second-order valence-corrected chi connectivity index (χ2v) is 9.34. The van der Waals surface area contributed by atoms with E-state index in [0.29, 0.717) is 38.1 Å². The Labute approximate surface area is 163 Å². The summed E-state index contributed by atoms with van der Waals surface area (Å²) in [6.07, 6.45) is -2.45. The SMILES string of the molecule is Cc1nc(C(F)(F)F)ccc1S(=O)(=O)N1CCN(C(C)C2CCCOC2)CC1. The molecule has 2 atom stereocenters. The molecule has 2 aliphatic heterocycles. The number of pyridine rings is 1. The van der Waals surface area contributed by atoms with Gasteiger partial charge in [-0.25, -0.2) is 13.4 Å². The molecular formula is C18H26F3N3O3S. The van der Waals surface area contributed by atoms with Crippen molar-refractivity contribution in [3.8, 4) is 0 Å². The second kappa shape index (κ2) is 8.25. The van der Waals surface area contributed by atoms with Crippen LogP contribution >= 0.6 is 0 Å². The van der Waals surface area contributed by atoms with Crippen molar-refractivity contribution in [1.82, 2.24) is 14.2 Å². The van der Waals surface area contributed by atoms with Gasteiger partial charge in [0.05, 0.1) is 12.3 Å². The van der Waals surface area contributed by atoms with Gasteiger partial charge in [-0.15, -0.1) is 0 Å². The molecule has 0 spiro atoms. The highest BCUT2D eigenvalue weighted by Gasteiger charge is 2.36. The predicted octanol–water partition coefficient (Wildman–Crippen LogP) is 2.53. The zero-order valence-corrected chi connectivity index (χ0v) is 16.9. The summed E-state index contributed by atoms with van der Waals surface area (Å²) in [5.74, 6) is 0.443. The van der Waals surface area contributed by atoms with Gasteiger partial charge < -0.3 is 4.74 Å². The van der Waals surface area contributed by atoms with Gasteiger partial charge in [-0.3, -0.25) is 4.90 Å². The van der Waals surface area contributed by atoms with Crippen molar-refractivity contribution in [2.75, 3.05) is 39.4 Å². The molecule has 158 valence electrons. The molecule has 0 N–H and O–H groups in total. The fourth-order valence-electron chi connectivity index (χ4n) is 3.91. The molecule has 0 saturated carbocycles. The van der Waals surface area contributed by atoms with Crippen molar-refractivity contribution < 1.29 is 26.3 Å². The van der Waals surface area contributed by atoms with E-state index in [2.05, 4.69) is 16.8 Å². The summed E-state index contributed by atoms with van der Waals surface area (Å²) in [6.45, 7) is 6.76. The maximum atomic E-state index is 12.9. The Kier molecular flexibility index (Phi) is 6.33. The van der Waals surface area contributed by atoms with Crippen LogP contribution in [0.1, 0.15) is 31.2 Å². The van der Waals surface area contributed by atoms with Crippen molar-refractivity contribution in [3.63, 3.8) is 0 Å². The van der Waals surface area contributed by atoms with Gasteiger partial charge in [0.25, 0.3) is 0 Å². The minimum absolute atomic E-state index is 0.134. The maximum Gasteiger partial charge on any atom is 0.433 e. The van der Waals surface area contributed by atoms with E-state index in [4.69, 9.17) is 4.74 Å². The molecule has 2 unspecified atom stereocenters. The number of sulfonamides is 1. The molecule has 1 aromatic rings. The van der Waals surface area contributed by atoms with E-state index in [1.807, 2.05) is 0 Å². The van der Waals surface area contributed by atoms with Crippen LogP contribution in [-0.2, 0) is 20.9 Å². The van der Waals surface area contributed by atoms with Crippen LogP contribution in [0, 0.1) is 12.8 Å². The lowest BCUT2D eigenvalue weighted by atomic mass is 9.93. The summed E-state index contributed by atoms with van der Waals surface area (Å²) in [5.41, 5.74) is -1.22. The molecule has 10 heteroatoms. The minimum Gasteiger partial charge on any atom is -0.381 e. The lowest BCUT2D eigenvalue weighted by molar-refractivity contribution is -0.141. The van der Waals surface area contributed by atoms with Crippen LogP contribution in [0.15, 0.2) is 17.0 Å². The average molecular weight is 421 g/mol. The Morgan fingerprint density at radius 1 is 1.21 bits per heavy atom. The van der Waals surface area contributed by atoms with Crippen molar-refractivity contribution >= 4 is 10.0 Å². The van der Waals surface area contributed by atoms with Crippen LogP contribution in [0.3, 0.4) is 0 Å². The predicted molar refractivity (Wildman–Crippen MR) is 97.3 cm³/mol. The molecule has 0 amide bonds. The lowest BCUT2D eigenvalue weighted by Crippen LogP contribution is -2.53. The molecule has 1 aromatic heterocycles. The Morgan fingerprint density at radius 3 is 2.43 bits per heavy atom. The monoisotopic (exact) mass is 421 g/mol. The average Bonchev–Trinajstić information content (AvgIpc) is 2.67. The smallest absolute Gasteiger partial charge is 0.381 e. The number of halogens is 3. The van der Waals surface area contributed by atoms with Gasteiger partial charge in [0.2, 0.25) is 10.0 Å². The van der Waals surface area contributed by atoms with E-state index in [-0.39, 0.29) is 10.6 Å². The van der Waals surface area contributed by atoms with Crippen molar-refractivity contribution in [2.24, 2.45) is 5.92 Å². The number of hydrogen-bond acceptors (Lipinski definition) is 5. The lowest BCUT2D eigenvalue weighted by Gasteiger charge is -2.41. The van der Waals surface area contributed by atoms with Crippen LogP contribution in [0.25, 0.3) is 0 Å². The zero-order valence-electron chi connectivity index (χ0n) is 16.1. The van der Waals surface area contributed by atoms with Crippen molar-refractivity contribution in [2.45, 2.75) is 43.8 Å². The third kappa shape index (κ3) is 4.50. The molecule has 28 heavy (non-hydrogen) atoms. The Bertz CT molecular complexity index is 787. The third-order valence-electron chi connectivity index (χ3n) is 5.67. The van der Waals surface area contributed by atoms with Gasteiger partial charge in [0.15, 0.2) is 0 Å². The highest BCUT2D eigenvalue weighted by Crippen LogP contribution is 2.30. The summed E-state index contributed by atoms with van der Waals surface area (Å²) in [5, 5.41) is 0. The van der Waals surface area contributed by atoms with Crippen LogP contribution in [0.5, 0.6) is 0 Å². The number of nitrogens with zero attached hydrogens (tertiary/aromatic N) is 3.